The van der Waals surface area contributed by atoms with Crippen LogP contribution in [0.15, 0.2) is 59.6 Å². The number of hydrogen-bond donors (Lipinski definition) is 0. The highest BCUT2D eigenvalue weighted by Crippen LogP contribution is 2.29. The molecule has 0 N–H and O–H groups in total. The van der Waals surface area contributed by atoms with Crippen LogP contribution in [0.3, 0.4) is 0 Å². The van der Waals surface area contributed by atoms with Crippen molar-refractivity contribution in [1.82, 2.24) is 15.0 Å². The zero-order valence-electron chi connectivity index (χ0n) is 12.5. The summed E-state index contributed by atoms with van der Waals surface area (Å²) in [7, 11) is 1.65. The van der Waals surface area contributed by atoms with Crippen LogP contribution in [0, 0.1) is 10.7 Å². The molecule has 0 amide bonds. The minimum absolute atomic E-state index is 0.602. The average molecular weight is 322 g/mol. The Morgan fingerprint density at radius 3 is 2.70 bits per heavy atom. The third-order valence-corrected chi connectivity index (χ3v) is 4.02. The van der Waals surface area contributed by atoms with Crippen LogP contribution in [0.5, 0.6) is 5.75 Å². The summed E-state index contributed by atoms with van der Waals surface area (Å²) < 4.78 is 7.25. The molecular formula is C17H14N4OS. The number of thiocyanates is 1. The van der Waals surface area contributed by atoms with Gasteiger partial charge in [-0.15, -0.1) is 5.10 Å². The van der Waals surface area contributed by atoms with E-state index in [1.165, 1.54) is 0 Å². The topological polar surface area (TPSA) is 63.7 Å². The van der Waals surface area contributed by atoms with Gasteiger partial charge < -0.3 is 4.74 Å². The van der Waals surface area contributed by atoms with Gasteiger partial charge >= 0.3 is 0 Å². The van der Waals surface area contributed by atoms with Gasteiger partial charge in [0.15, 0.2) is 0 Å². The lowest BCUT2D eigenvalue weighted by atomic mass is 10.1. The maximum Gasteiger partial charge on any atom is 0.138 e. The number of rotatable bonds is 5. The first-order chi connectivity index (χ1) is 11.3. The van der Waals surface area contributed by atoms with E-state index >= 15 is 0 Å². The molecule has 0 saturated heterocycles. The Morgan fingerprint density at radius 1 is 1.17 bits per heavy atom. The van der Waals surface area contributed by atoms with Crippen LogP contribution in [0.25, 0.3) is 11.3 Å². The van der Waals surface area contributed by atoms with E-state index in [0.717, 1.165) is 39.2 Å². The molecule has 1 heterocycles. The van der Waals surface area contributed by atoms with Gasteiger partial charge in [-0.2, -0.15) is 5.26 Å². The van der Waals surface area contributed by atoms with Crippen LogP contribution < -0.4 is 4.74 Å². The summed E-state index contributed by atoms with van der Waals surface area (Å²) in [4.78, 5) is 0.930. The zero-order chi connectivity index (χ0) is 16.1. The van der Waals surface area contributed by atoms with Crippen molar-refractivity contribution in [2.24, 2.45) is 0 Å². The van der Waals surface area contributed by atoms with Crippen LogP contribution in [0.2, 0.25) is 0 Å². The lowest BCUT2D eigenvalue weighted by Gasteiger charge is -2.10. The second-order valence-electron chi connectivity index (χ2n) is 4.81. The standard InChI is InChI=1S/C17H14N4OS/c1-22-17-5-3-2-4-15(17)16-10-19-20-21(16)11-13-6-8-14(9-7-13)23-12-18/h2-10H,11H2,1H3. The van der Waals surface area contributed by atoms with E-state index in [-0.39, 0.29) is 0 Å². The third kappa shape index (κ3) is 3.35. The number of benzene rings is 2. The number of methoxy groups -OCH3 is 1. The van der Waals surface area contributed by atoms with Crippen molar-refractivity contribution in [3.63, 3.8) is 0 Å². The fourth-order valence-electron chi connectivity index (χ4n) is 2.33. The zero-order valence-corrected chi connectivity index (χ0v) is 13.3. The maximum atomic E-state index is 8.69. The highest BCUT2D eigenvalue weighted by Gasteiger charge is 2.11. The molecule has 0 fully saturated rings. The Hall–Kier alpha value is -2.78. The van der Waals surface area contributed by atoms with Gasteiger partial charge in [-0.1, -0.05) is 29.5 Å². The summed E-state index contributed by atoms with van der Waals surface area (Å²) in [5.74, 6) is 0.789. The van der Waals surface area contributed by atoms with Crippen molar-refractivity contribution in [2.75, 3.05) is 7.11 Å². The molecule has 3 aromatic rings. The Labute approximate surface area is 138 Å². The van der Waals surface area contributed by atoms with Gasteiger partial charge in [-0.3, -0.25) is 0 Å². The molecule has 0 radical (unpaired) electrons. The van der Waals surface area contributed by atoms with Gasteiger partial charge in [0.25, 0.3) is 0 Å². The van der Waals surface area contributed by atoms with Crippen LogP contribution in [0.4, 0.5) is 0 Å². The molecule has 0 atom stereocenters. The first kappa shape index (κ1) is 15.1. The Morgan fingerprint density at radius 2 is 1.96 bits per heavy atom. The molecule has 3 rings (SSSR count). The fourth-order valence-corrected chi connectivity index (χ4v) is 2.71. The number of nitriles is 1. The molecule has 0 aliphatic rings. The van der Waals surface area contributed by atoms with Crippen molar-refractivity contribution in [3.05, 3.63) is 60.3 Å². The van der Waals surface area contributed by atoms with Gasteiger partial charge in [0, 0.05) is 10.5 Å². The second-order valence-corrected chi connectivity index (χ2v) is 5.67. The number of hydrogen-bond acceptors (Lipinski definition) is 5. The van der Waals surface area contributed by atoms with Crippen LogP contribution in [-0.2, 0) is 6.54 Å². The molecule has 2 aromatic carbocycles. The van der Waals surface area contributed by atoms with E-state index < -0.39 is 0 Å². The smallest absolute Gasteiger partial charge is 0.138 e. The van der Waals surface area contributed by atoms with Crippen molar-refractivity contribution in [1.29, 1.82) is 5.26 Å². The van der Waals surface area contributed by atoms with E-state index in [9.17, 15) is 0 Å². The van der Waals surface area contributed by atoms with Gasteiger partial charge in [0.05, 0.1) is 25.5 Å². The average Bonchev–Trinajstić information content (AvgIpc) is 3.05. The first-order valence-electron chi connectivity index (χ1n) is 6.98. The van der Waals surface area contributed by atoms with Crippen molar-refractivity contribution in [2.45, 2.75) is 11.4 Å². The van der Waals surface area contributed by atoms with E-state index in [2.05, 4.69) is 15.7 Å². The number of thioether (sulfide) groups is 1. The minimum Gasteiger partial charge on any atom is -0.496 e. The van der Waals surface area contributed by atoms with E-state index in [1.54, 1.807) is 13.3 Å². The lowest BCUT2D eigenvalue weighted by Crippen LogP contribution is -2.04. The number of ether oxygens (including phenoxy) is 1. The van der Waals surface area contributed by atoms with Gasteiger partial charge in [0.2, 0.25) is 0 Å². The van der Waals surface area contributed by atoms with Crippen LogP contribution >= 0.6 is 11.8 Å². The Balaban J connectivity index is 1.88. The third-order valence-electron chi connectivity index (χ3n) is 3.42. The molecule has 0 spiro atoms. The minimum atomic E-state index is 0.602. The summed E-state index contributed by atoms with van der Waals surface area (Å²) in [5, 5.41) is 19.0. The second kappa shape index (κ2) is 6.99. The monoisotopic (exact) mass is 322 g/mol. The molecular weight excluding hydrogens is 308 g/mol. The summed E-state index contributed by atoms with van der Waals surface area (Å²) in [6.45, 7) is 0.602. The molecule has 0 aliphatic carbocycles. The SMILES string of the molecule is COc1ccccc1-c1cnnn1Cc1ccc(SC#N)cc1. The number of aromatic nitrogens is 3. The molecule has 0 bridgehead atoms. The van der Waals surface area contributed by atoms with E-state index in [4.69, 9.17) is 10.00 Å². The fraction of sp³-hybridized carbons (Fsp3) is 0.118. The van der Waals surface area contributed by atoms with Crippen LogP contribution in [0.1, 0.15) is 5.56 Å². The molecule has 6 heteroatoms. The Bertz CT molecular complexity index is 836. The molecule has 23 heavy (non-hydrogen) atoms. The molecule has 1 aromatic heterocycles. The van der Waals surface area contributed by atoms with Gasteiger partial charge in [-0.25, -0.2) is 4.68 Å². The normalized spacial score (nSPS) is 10.3. The van der Waals surface area contributed by atoms with Crippen molar-refractivity contribution < 1.29 is 4.74 Å². The number of para-hydroxylation sites is 1. The lowest BCUT2D eigenvalue weighted by molar-refractivity contribution is 0.416. The van der Waals surface area contributed by atoms with E-state index in [1.807, 2.05) is 53.2 Å². The maximum absolute atomic E-state index is 8.69. The largest absolute Gasteiger partial charge is 0.496 e. The Kier molecular flexibility index (Phi) is 4.60. The van der Waals surface area contributed by atoms with Crippen molar-refractivity contribution in [3.8, 4) is 22.4 Å². The highest BCUT2D eigenvalue weighted by atomic mass is 32.2. The molecule has 5 nitrogen and oxygen atoms in total. The predicted molar refractivity (Wildman–Crippen MR) is 89.0 cm³/mol. The molecule has 0 saturated carbocycles. The van der Waals surface area contributed by atoms with Gasteiger partial charge in [0.1, 0.15) is 11.2 Å². The number of nitrogens with zero attached hydrogens (tertiary/aromatic N) is 4. The summed E-state index contributed by atoms with van der Waals surface area (Å²) in [6, 6.07) is 15.7. The highest BCUT2D eigenvalue weighted by molar-refractivity contribution is 8.03. The quantitative estimate of drug-likeness (QED) is 0.531. The summed E-state index contributed by atoms with van der Waals surface area (Å²) >= 11 is 1.15. The predicted octanol–water partition coefficient (Wildman–Crippen LogP) is 3.58. The van der Waals surface area contributed by atoms with Gasteiger partial charge in [-0.05, 0) is 41.6 Å². The molecule has 114 valence electrons. The van der Waals surface area contributed by atoms with Crippen LogP contribution in [-0.4, -0.2) is 22.1 Å². The summed E-state index contributed by atoms with van der Waals surface area (Å²) in [5.41, 5.74) is 2.95. The molecule has 0 unspecified atom stereocenters. The van der Waals surface area contributed by atoms with Crippen molar-refractivity contribution >= 4 is 11.8 Å². The van der Waals surface area contributed by atoms with E-state index in [0.29, 0.717) is 6.54 Å². The first-order valence-corrected chi connectivity index (χ1v) is 7.80. The summed E-state index contributed by atoms with van der Waals surface area (Å²) in [6.07, 6.45) is 1.73. The molecule has 0 aliphatic heterocycles.